The standard InChI is InChI=1S/C28H33Cl2F3N4O2/c29-24-9-8-22(18-25(24)30)34-27(39)37-15-10-26(38)36(14-5-13-35-11-2-1-3-12-35)19-23(37)17-20-6-4-7-21(16-20)28(31,32)33/h4,6-9,16,18,23H,1-3,5,10-15,17,19H2,(H,34,39). The molecule has 0 aliphatic carbocycles. The summed E-state index contributed by atoms with van der Waals surface area (Å²) in [5, 5.41) is 3.43. The highest BCUT2D eigenvalue weighted by Gasteiger charge is 2.34. The van der Waals surface area contributed by atoms with Gasteiger partial charge < -0.3 is 20.0 Å². The summed E-state index contributed by atoms with van der Waals surface area (Å²) in [6.07, 6.45) is 0.262. The summed E-state index contributed by atoms with van der Waals surface area (Å²) in [5.41, 5.74) is 0.140. The van der Waals surface area contributed by atoms with E-state index in [4.69, 9.17) is 23.2 Å². The van der Waals surface area contributed by atoms with Crippen molar-refractivity contribution < 1.29 is 22.8 Å². The van der Waals surface area contributed by atoms with Crippen LogP contribution in [-0.4, -0.2) is 71.9 Å². The molecule has 2 aliphatic rings. The second kappa shape index (κ2) is 13.2. The van der Waals surface area contributed by atoms with E-state index in [1.165, 1.54) is 31.4 Å². The van der Waals surface area contributed by atoms with Crippen molar-refractivity contribution in [3.05, 3.63) is 63.6 Å². The maximum absolute atomic E-state index is 13.4. The number of nitrogens with one attached hydrogen (secondary N) is 1. The molecule has 6 nitrogen and oxygen atoms in total. The third-order valence-corrected chi connectivity index (χ3v) is 8.04. The molecule has 1 N–H and O–H groups in total. The third kappa shape index (κ3) is 8.25. The van der Waals surface area contributed by atoms with Crippen LogP contribution in [0.3, 0.4) is 0 Å². The lowest BCUT2D eigenvalue weighted by Gasteiger charge is -2.33. The van der Waals surface area contributed by atoms with Crippen LogP contribution in [0.2, 0.25) is 10.0 Å². The average molecular weight is 585 g/mol. The molecule has 0 spiro atoms. The number of nitrogens with zero attached hydrogens (tertiary/aromatic N) is 3. The number of amides is 3. The number of rotatable bonds is 7. The van der Waals surface area contributed by atoms with E-state index in [9.17, 15) is 22.8 Å². The number of halogens is 5. The second-order valence-corrected chi connectivity index (χ2v) is 11.0. The van der Waals surface area contributed by atoms with E-state index in [1.54, 1.807) is 28.0 Å². The zero-order chi connectivity index (χ0) is 28.0. The minimum Gasteiger partial charge on any atom is -0.341 e. The molecule has 39 heavy (non-hydrogen) atoms. The van der Waals surface area contributed by atoms with Gasteiger partial charge in [-0.15, -0.1) is 0 Å². The van der Waals surface area contributed by atoms with Crippen LogP contribution in [0, 0.1) is 0 Å². The molecule has 4 rings (SSSR count). The van der Waals surface area contributed by atoms with Gasteiger partial charge in [0.05, 0.1) is 21.7 Å². The minimum atomic E-state index is -4.47. The van der Waals surface area contributed by atoms with Crippen LogP contribution in [-0.2, 0) is 17.4 Å². The first kappa shape index (κ1) is 29.5. The number of alkyl halides is 3. The van der Waals surface area contributed by atoms with E-state index in [0.29, 0.717) is 22.8 Å². The van der Waals surface area contributed by atoms with Crippen LogP contribution in [0.5, 0.6) is 0 Å². The summed E-state index contributed by atoms with van der Waals surface area (Å²) < 4.78 is 40.1. The molecule has 1 atom stereocenters. The zero-order valence-corrected chi connectivity index (χ0v) is 23.2. The Hall–Kier alpha value is -2.49. The lowest BCUT2D eigenvalue weighted by Crippen LogP contribution is -2.48. The molecule has 0 bridgehead atoms. The molecule has 2 saturated heterocycles. The Morgan fingerprint density at radius 3 is 2.46 bits per heavy atom. The average Bonchev–Trinajstić information content (AvgIpc) is 3.05. The Balaban J connectivity index is 1.52. The summed E-state index contributed by atoms with van der Waals surface area (Å²) in [5.74, 6) is -0.0625. The molecular weight excluding hydrogens is 552 g/mol. The highest BCUT2D eigenvalue weighted by atomic mass is 35.5. The predicted octanol–water partition coefficient (Wildman–Crippen LogP) is 6.57. The molecule has 2 aliphatic heterocycles. The number of urea groups is 1. The molecule has 0 aromatic heterocycles. The van der Waals surface area contributed by atoms with Gasteiger partial charge in [-0.1, -0.05) is 47.8 Å². The molecule has 2 aromatic carbocycles. The highest BCUT2D eigenvalue weighted by Crippen LogP contribution is 2.30. The number of anilines is 1. The van der Waals surface area contributed by atoms with E-state index in [1.807, 2.05) is 0 Å². The van der Waals surface area contributed by atoms with E-state index < -0.39 is 23.8 Å². The van der Waals surface area contributed by atoms with Crippen LogP contribution in [0.1, 0.15) is 43.2 Å². The van der Waals surface area contributed by atoms with Crippen LogP contribution < -0.4 is 5.32 Å². The van der Waals surface area contributed by atoms with Gasteiger partial charge in [0.1, 0.15) is 0 Å². The van der Waals surface area contributed by atoms with E-state index in [2.05, 4.69) is 10.2 Å². The number of likely N-dealkylation sites (tertiary alicyclic amines) is 1. The monoisotopic (exact) mass is 584 g/mol. The first-order valence-electron chi connectivity index (χ1n) is 13.3. The summed E-state index contributed by atoms with van der Waals surface area (Å²) in [6, 6.07) is 8.88. The fourth-order valence-electron chi connectivity index (χ4n) is 5.25. The SMILES string of the molecule is O=C1CCN(C(=O)Nc2ccc(Cl)c(Cl)c2)C(Cc2cccc(C(F)(F)F)c2)CN1CCCN1CCCCC1. The molecule has 11 heteroatoms. The summed E-state index contributed by atoms with van der Waals surface area (Å²) in [6.45, 7) is 3.95. The van der Waals surface area contributed by atoms with Crippen molar-refractivity contribution in [1.29, 1.82) is 0 Å². The second-order valence-electron chi connectivity index (χ2n) is 10.2. The number of benzene rings is 2. The fraction of sp³-hybridized carbons (Fsp3) is 0.500. The van der Waals surface area contributed by atoms with Crippen molar-refractivity contribution in [2.75, 3.05) is 44.6 Å². The molecular formula is C28H33Cl2F3N4O2. The number of carbonyl (C=O) groups is 2. The highest BCUT2D eigenvalue weighted by molar-refractivity contribution is 6.42. The van der Waals surface area contributed by atoms with Gasteiger partial charge in [0, 0.05) is 31.7 Å². The van der Waals surface area contributed by atoms with Crippen LogP contribution in [0.4, 0.5) is 23.7 Å². The number of hydrogen-bond donors (Lipinski definition) is 1. The normalized spacial score (nSPS) is 19.2. The Morgan fingerprint density at radius 1 is 0.974 bits per heavy atom. The first-order valence-corrected chi connectivity index (χ1v) is 14.0. The molecule has 3 amide bonds. The van der Waals surface area contributed by atoms with Crippen molar-refractivity contribution >= 4 is 40.8 Å². The zero-order valence-electron chi connectivity index (χ0n) is 21.7. The number of piperidine rings is 1. The Bertz CT molecular complexity index is 1160. The smallest absolute Gasteiger partial charge is 0.341 e. The van der Waals surface area contributed by atoms with Gasteiger partial charge in [-0.2, -0.15) is 13.2 Å². The maximum atomic E-state index is 13.4. The summed E-state index contributed by atoms with van der Waals surface area (Å²) >= 11 is 12.1. The van der Waals surface area contributed by atoms with Gasteiger partial charge in [-0.25, -0.2) is 4.79 Å². The minimum absolute atomic E-state index is 0.0625. The largest absolute Gasteiger partial charge is 0.416 e. The quantitative estimate of drug-likeness (QED) is 0.400. The Labute approximate surface area is 237 Å². The molecule has 0 saturated carbocycles. The lowest BCUT2D eigenvalue weighted by molar-refractivity contribution is -0.137. The van der Waals surface area contributed by atoms with Crippen molar-refractivity contribution in [3.63, 3.8) is 0 Å². The molecule has 1 unspecified atom stereocenters. The van der Waals surface area contributed by atoms with Gasteiger partial charge in [-0.05, 0) is 75.1 Å². The lowest BCUT2D eigenvalue weighted by atomic mass is 10.0. The van der Waals surface area contributed by atoms with Crippen molar-refractivity contribution in [2.45, 2.75) is 50.7 Å². The predicted molar refractivity (Wildman–Crippen MR) is 147 cm³/mol. The number of hydrogen-bond acceptors (Lipinski definition) is 3. The number of carbonyl (C=O) groups excluding carboxylic acids is 2. The molecule has 2 heterocycles. The van der Waals surface area contributed by atoms with Gasteiger partial charge in [0.25, 0.3) is 0 Å². The fourth-order valence-corrected chi connectivity index (χ4v) is 5.55. The van der Waals surface area contributed by atoms with Crippen LogP contribution in [0.25, 0.3) is 0 Å². The van der Waals surface area contributed by atoms with Crippen LogP contribution in [0.15, 0.2) is 42.5 Å². The first-order chi connectivity index (χ1) is 18.6. The Kier molecular flexibility index (Phi) is 10.0. The van der Waals surface area contributed by atoms with Gasteiger partial charge >= 0.3 is 12.2 Å². The molecule has 212 valence electrons. The topological polar surface area (TPSA) is 55.9 Å². The maximum Gasteiger partial charge on any atom is 0.416 e. The Morgan fingerprint density at radius 2 is 1.74 bits per heavy atom. The van der Waals surface area contributed by atoms with Crippen molar-refractivity contribution in [3.8, 4) is 0 Å². The van der Waals surface area contributed by atoms with Gasteiger partial charge in [0.15, 0.2) is 0 Å². The third-order valence-electron chi connectivity index (χ3n) is 7.30. The van der Waals surface area contributed by atoms with Gasteiger partial charge in [0.2, 0.25) is 5.91 Å². The summed E-state index contributed by atoms with van der Waals surface area (Å²) in [7, 11) is 0. The van der Waals surface area contributed by atoms with Crippen LogP contribution >= 0.6 is 23.2 Å². The van der Waals surface area contributed by atoms with E-state index in [-0.39, 0.29) is 36.9 Å². The van der Waals surface area contributed by atoms with Crippen molar-refractivity contribution in [2.24, 2.45) is 0 Å². The van der Waals surface area contributed by atoms with E-state index >= 15 is 0 Å². The van der Waals surface area contributed by atoms with E-state index in [0.717, 1.165) is 38.2 Å². The molecule has 2 aromatic rings. The molecule has 0 radical (unpaired) electrons. The van der Waals surface area contributed by atoms with Gasteiger partial charge in [-0.3, -0.25) is 4.79 Å². The molecule has 2 fully saturated rings. The van der Waals surface area contributed by atoms with Crippen molar-refractivity contribution in [1.82, 2.24) is 14.7 Å². The summed E-state index contributed by atoms with van der Waals surface area (Å²) in [4.78, 5) is 32.2.